The normalized spacial score (nSPS) is 20.0. The zero-order valence-corrected chi connectivity index (χ0v) is 15.3. The first-order valence-corrected chi connectivity index (χ1v) is 9.46. The lowest BCUT2D eigenvalue weighted by Crippen LogP contribution is -2.49. The van der Waals surface area contributed by atoms with Gasteiger partial charge in [0.2, 0.25) is 5.91 Å². The number of furan rings is 1. The van der Waals surface area contributed by atoms with E-state index in [0.29, 0.717) is 49.4 Å². The highest BCUT2D eigenvalue weighted by atomic mass is 16.4. The van der Waals surface area contributed by atoms with Crippen molar-refractivity contribution in [3.05, 3.63) is 22.6 Å². The lowest BCUT2D eigenvalue weighted by Gasteiger charge is -2.35. The van der Waals surface area contributed by atoms with E-state index < -0.39 is 0 Å². The third-order valence-corrected chi connectivity index (χ3v) is 5.29. The highest BCUT2D eigenvalue weighted by Crippen LogP contribution is 2.31. The van der Waals surface area contributed by atoms with Crippen LogP contribution in [0, 0.1) is 6.92 Å². The van der Waals surface area contributed by atoms with Crippen molar-refractivity contribution in [1.82, 2.24) is 10.2 Å². The minimum absolute atomic E-state index is 0.0600. The number of nitrogens with one attached hydrogen (secondary N) is 1. The van der Waals surface area contributed by atoms with E-state index in [9.17, 15) is 14.4 Å². The lowest BCUT2D eigenvalue weighted by molar-refractivity contribution is -0.121. The summed E-state index contributed by atoms with van der Waals surface area (Å²) in [7, 11) is 0. The molecule has 1 saturated heterocycles. The van der Waals surface area contributed by atoms with Gasteiger partial charge in [-0.05, 0) is 32.6 Å². The summed E-state index contributed by atoms with van der Waals surface area (Å²) in [6.45, 7) is 3.16. The van der Waals surface area contributed by atoms with E-state index in [-0.39, 0.29) is 35.8 Å². The fourth-order valence-electron chi connectivity index (χ4n) is 3.91. The zero-order chi connectivity index (χ0) is 18.7. The van der Waals surface area contributed by atoms with Crippen LogP contribution < -0.4 is 11.1 Å². The van der Waals surface area contributed by atoms with Gasteiger partial charge >= 0.3 is 0 Å². The number of likely N-dealkylation sites (tertiary alicyclic amines) is 1. The summed E-state index contributed by atoms with van der Waals surface area (Å²) in [5.74, 6) is 0.719. The first-order valence-electron chi connectivity index (χ1n) is 9.46. The van der Waals surface area contributed by atoms with Gasteiger partial charge in [-0.25, -0.2) is 0 Å². The molecule has 0 aromatic carbocycles. The Morgan fingerprint density at radius 2 is 2.08 bits per heavy atom. The van der Waals surface area contributed by atoms with Crippen molar-refractivity contribution in [2.45, 2.75) is 57.9 Å². The molecule has 1 fully saturated rings. The maximum absolute atomic E-state index is 13.1. The molecular formula is C19H27N3O4. The fourth-order valence-corrected chi connectivity index (χ4v) is 3.91. The van der Waals surface area contributed by atoms with Crippen LogP contribution in [0.1, 0.15) is 70.8 Å². The predicted molar refractivity (Wildman–Crippen MR) is 96.1 cm³/mol. The topological polar surface area (TPSA) is 106 Å². The van der Waals surface area contributed by atoms with Gasteiger partial charge in [-0.3, -0.25) is 14.4 Å². The predicted octanol–water partition coefficient (Wildman–Crippen LogP) is 1.57. The van der Waals surface area contributed by atoms with E-state index in [4.69, 9.17) is 10.2 Å². The molecule has 26 heavy (non-hydrogen) atoms. The molecule has 0 saturated carbocycles. The summed E-state index contributed by atoms with van der Waals surface area (Å²) in [4.78, 5) is 38.8. The molecule has 1 aromatic rings. The number of hydrogen-bond acceptors (Lipinski definition) is 5. The van der Waals surface area contributed by atoms with Gasteiger partial charge in [0.15, 0.2) is 11.5 Å². The number of carbonyl (C=O) groups excluding carboxylic acids is 3. The third-order valence-electron chi connectivity index (χ3n) is 5.29. The summed E-state index contributed by atoms with van der Waals surface area (Å²) < 4.78 is 5.82. The number of nitrogens with zero attached hydrogens (tertiary/aromatic N) is 1. The van der Waals surface area contributed by atoms with Gasteiger partial charge in [0.25, 0.3) is 5.91 Å². The van der Waals surface area contributed by atoms with Gasteiger partial charge in [0.1, 0.15) is 5.76 Å². The molecule has 1 aliphatic carbocycles. The maximum atomic E-state index is 13.1. The largest absolute Gasteiger partial charge is 0.455 e. The Hall–Kier alpha value is -2.15. The highest BCUT2D eigenvalue weighted by molar-refractivity contribution is 6.03. The smallest absolute Gasteiger partial charge is 0.290 e. The number of fused-ring (bicyclic) bond motifs is 1. The second kappa shape index (κ2) is 8.03. The first-order chi connectivity index (χ1) is 12.5. The van der Waals surface area contributed by atoms with Crippen molar-refractivity contribution in [3.8, 4) is 0 Å². The van der Waals surface area contributed by atoms with Gasteiger partial charge in [-0.2, -0.15) is 0 Å². The molecule has 3 rings (SSSR count). The van der Waals surface area contributed by atoms with Crippen molar-refractivity contribution >= 4 is 17.6 Å². The average molecular weight is 361 g/mol. The number of hydrogen-bond donors (Lipinski definition) is 2. The Morgan fingerprint density at radius 1 is 1.27 bits per heavy atom. The molecular weight excluding hydrogens is 334 g/mol. The average Bonchev–Trinajstić information content (AvgIpc) is 2.98. The maximum Gasteiger partial charge on any atom is 0.290 e. The van der Waals surface area contributed by atoms with Gasteiger partial charge in [0.05, 0.1) is 5.56 Å². The number of nitrogens with two attached hydrogens (primary N) is 1. The van der Waals surface area contributed by atoms with Crippen molar-refractivity contribution < 1.29 is 18.8 Å². The Bertz CT molecular complexity index is 710. The van der Waals surface area contributed by atoms with Crippen molar-refractivity contribution in [2.75, 3.05) is 19.6 Å². The first kappa shape index (κ1) is 18.6. The summed E-state index contributed by atoms with van der Waals surface area (Å²) in [6.07, 6.45) is 5.06. The fraction of sp³-hybridized carbons (Fsp3) is 0.632. The number of amides is 2. The van der Waals surface area contributed by atoms with E-state index in [1.807, 2.05) is 0 Å². The Balaban J connectivity index is 1.77. The SMILES string of the molecule is Cc1c(C(=O)N2CCCCC2CNC(=O)CCN)oc2c1C(=O)CCC2. The molecule has 1 aromatic heterocycles. The van der Waals surface area contributed by atoms with Crippen LogP contribution in [0.5, 0.6) is 0 Å². The highest BCUT2D eigenvalue weighted by Gasteiger charge is 2.34. The molecule has 1 atom stereocenters. The van der Waals surface area contributed by atoms with E-state index in [1.54, 1.807) is 11.8 Å². The van der Waals surface area contributed by atoms with E-state index in [2.05, 4.69) is 5.32 Å². The van der Waals surface area contributed by atoms with Crippen LogP contribution in [0.3, 0.4) is 0 Å². The van der Waals surface area contributed by atoms with Gasteiger partial charge in [0, 0.05) is 50.5 Å². The van der Waals surface area contributed by atoms with Crippen LogP contribution in [0.2, 0.25) is 0 Å². The summed E-state index contributed by atoms with van der Waals surface area (Å²) >= 11 is 0. The molecule has 142 valence electrons. The third kappa shape index (κ3) is 3.67. The molecule has 1 unspecified atom stereocenters. The Labute approximate surface area is 153 Å². The summed E-state index contributed by atoms with van der Waals surface area (Å²) in [5.41, 5.74) is 6.66. The number of aryl methyl sites for hydroxylation is 1. The Kier molecular flexibility index (Phi) is 5.76. The molecule has 3 N–H and O–H groups in total. The van der Waals surface area contributed by atoms with E-state index in [0.717, 1.165) is 25.7 Å². The summed E-state index contributed by atoms with van der Waals surface area (Å²) in [6, 6.07) is -0.0600. The van der Waals surface area contributed by atoms with Crippen LogP contribution in [0.15, 0.2) is 4.42 Å². The molecule has 7 nitrogen and oxygen atoms in total. The molecule has 0 radical (unpaired) electrons. The van der Waals surface area contributed by atoms with Gasteiger partial charge < -0.3 is 20.4 Å². The number of rotatable bonds is 5. The van der Waals surface area contributed by atoms with Crippen LogP contribution in [0.25, 0.3) is 0 Å². The van der Waals surface area contributed by atoms with Crippen LogP contribution in [-0.2, 0) is 11.2 Å². The zero-order valence-electron chi connectivity index (χ0n) is 15.3. The number of ketones is 1. The van der Waals surface area contributed by atoms with Crippen LogP contribution >= 0.6 is 0 Å². The van der Waals surface area contributed by atoms with Crippen molar-refractivity contribution in [2.24, 2.45) is 5.73 Å². The second-order valence-corrected chi connectivity index (χ2v) is 7.12. The minimum Gasteiger partial charge on any atom is -0.455 e. The Morgan fingerprint density at radius 3 is 2.81 bits per heavy atom. The minimum atomic E-state index is -0.178. The number of Topliss-reactive ketones (excluding diaryl/α,β-unsaturated/α-hetero) is 1. The van der Waals surface area contributed by atoms with Gasteiger partial charge in [-0.1, -0.05) is 0 Å². The molecule has 1 aliphatic heterocycles. The standard InChI is InChI=1S/C19H27N3O4/c1-12-17-14(23)6-4-7-15(17)26-18(12)19(25)22-10-3-2-5-13(22)11-21-16(24)8-9-20/h13H,2-11,20H2,1H3,(H,21,24). The molecule has 0 bridgehead atoms. The lowest BCUT2D eigenvalue weighted by atomic mass is 9.93. The van der Waals surface area contributed by atoms with Crippen molar-refractivity contribution in [3.63, 3.8) is 0 Å². The van der Waals surface area contributed by atoms with E-state index in [1.165, 1.54) is 0 Å². The van der Waals surface area contributed by atoms with Gasteiger partial charge in [-0.15, -0.1) is 0 Å². The molecule has 0 spiro atoms. The van der Waals surface area contributed by atoms with E-state index >= 15 is 0 Å². The number of piperidine rings is 1. The second-order valence-electron chi connectivity index (χ2n) is 7.12. The van der Waals surface area contributed by atoms with Crippen molar-refractivity contribution in [1.29, 1.82) is 0 Å². The quantitative estimate of drug-likeness (QED) is 0.828. The molecule has 2 amide bonds. The summed E-state index contributed by atoms with van der Waals surface area (Å²) in [5, 5.41) is 2.86. The monoisotopic (exact) mass is 361 g/mol. The molecule has 7 heteroatoms. The van der Waals surface area contributed by atoms with Crippen LogP contribution in [0.4, 0.5) is 0 Å². The molecule has 2 aliphatic rings. The molecule has 2 heterocycles. The number of carbonyl (C=O) groups is 3. The van der Waals surface area contributed by atoms with Crippen LogP contribution in [-0.4, -0.2) is 48.2 Å².